The molecule has 6 nitrogen and oxygen atoms in total. The molecule has 0 aliphatic carbocycles. The summed E-state index contributed by atoms with van der Waals surface area (Å²) in [6.45, 7) is 2.15. The first kappa shape index (κ1) is 16.5. The lowest BCUT2D eigenvalue weighted by Crippen LogP contribution is -2.37. The van der Waals surface area contributed by atoms with Crippen molar-refractivity contribution in [3.8, 4) is 0 Å². The van der Waals surface area contributed by atoms with Crippen molar-refractivity contribution in [3.63, 3.8) is 0 Å². The van der Waals surface area contributed by atoms with Crippen LogP contribution in [0.3, 0.4) is 0 Å². The number of rotatable bonds is 4. The van der Waals surface area contributed by atoms with Crippen LogP contribution in [0.1, 0.15) is 12.5 Å². The van der Waals surface area contributed by atoms with Gasteiger partial charge in [0.15, 0.2) is 16.3 Å². The first-order valence-electron chi connectivity index (χ1n) is 7.48. The molecule has 0 spiro atoms. The summed E-state index contributed by atoms with van der Waals surface area (Å²) in [5, 5.41) is 0.592. The molecule has 0 radical (unpaired) electrons. The van der Waals surface area contributed by atoms with Gasteiger partial charge in [-0.3, -0.25) is 13.9 Å². The van der Waals surface area contributed by atoms with Crippen molar-refractivity contribution in [2.24, 2.45) is 14.1 Å². The second-order valence-corrected chi connectivity index (χ2v) is 6.61. The SMILES string of the molecule is CCSc1nc2c(c(=O)n(C)c(=O)n2C)n1Cc1ccccc1F. The van der Waals surface area contributed by atoms with Crippen LogP contribution in [0.4, 0.5) is 4.39 Å². The monoisotopic (exact) mass is 348 g/mol. The Morgan fingerprint density at radius 2 is 1.88 bits per heavy atom. The van der Waals surface area contributed by atoms with Crippen LogP contribution in [0.5, 0.6) is 0 Å². The minimum absolute atomic E-state index is 0.180. The smallest absolute Gasteiger partial charge is 0.308 e. The van der Waals surface area contributed by atoms with Gasteiger partial charge in [-0.2, -0.15) is 0 Å². The maximum absolute atomic E-state index is 14.0. The van der Waals surface area contributed by atoms with Gasteiger partial charge in [0.25, 0.3) is 5.56 Å². The van der Waals surface area contributed by atoms with Gasteiger partial charge in [0.05, 0.1) is 6.54 Å². The molecular formula is C16H17FN4O2S. The van der Waals surface area contributed by atoms with E-state index in [4.69, 9.17) is 0 Å². The van der Waals surface area contributed by atoms with E-state index >= 15 is 0 Å². The number of aromatic nitrogens is 4. The van der Waals surface area contributed by atoms with Crippen LogP contribution in [-0.2, 0) is 20.6 Å². The third-order valence-corrected chi connectivity index (χ3v) is 4.73. The summed E-state index contributed by atoms with van der Waals surface area (Å²) in [6, 6.07) is 6.43. The molecule has 0 N–H and O–H groups in total. The lowest BCUT2D eigenvalue weighted by atomic mass is 10.2. The summed E-state index contributed by atoms with van der Waals surface area (Å²) in [6.07, 6.45) is 0. The Labute approximate surface area is 141 Å². The second kappa shape index (κ2) is 6.27. The number of aryl methyl sites for hydroxylation is 1. The average Bonchev–Trinajstić information content (AvgIpc) is 2.92. The summed E-state index contributed by atoms with van der Waals surface area (Å²) >= 11 is 1.45. The van der Waals surface area contributed by atoms with Crippen molar-refractivity contribution < 1.29 is 4.39 Å². The zero-order chi connectivity index (χ0) is 17.4. The highest BCUT2D eigenvalue weighted by molar-refractivity contribution is 7.99. The number of imidazole rings is 1. The molecule has 0 saturated heterocycles. The number of benzene rings is 1. The molecule has 2 aromatic heterocycles. The van der Waals surface area contributed by atoms with Crippen LogP contribution in [0.15, 0.2) is 39.0 Å². The topological polar surface area (TPSA) is 61.8 Å². The van der Waals surface area contributed by atoms with Crippen LogP contribution in [0.25, 0.3) is 11.2 Å². The van der Waals surface area contributed by atoms with Gasteiger partial charge in [0.2, 0.25) is 0 Å². The predicted octanol–water partition coefficient (Wildman–Crippen LogP) is 1.73. The van der Waals surface area contributed by atoms with Gasteiger partial charge in [-0.15, -0.1) is 0 Å². The van der Waals surface area contributed by atoms with Crippen molar-refractivity contribution in [1.82, 2.24) is 18.7 Å². The second-order valence-electron chi connectivity index (χ2n) is 5.38. The third-order valence-electron chi connectivity index (χ3n) is 3.87. The third kappa shape index (κ3) is 2.56. The number of hydrogen-bond donors (Lipinski definition) is 0. The number of nitrogens with zero attached hydrogens (tertiary/aromatic N) is 4. The fraction of sp³-hybridized carbons (Fsp3) is 0.312. The highest BCUT2D eigenvalue weighted by Gasteiger charge is 2.19. The molecule has 3 aromatic rings. The zero-order valence-corrected chi connectivity index (χ0v) is 14.4. The van der Waals surface area contributed by atoms with Gasteiger partial charge in [0.1, 0.15) is 5.82 Å². The number of halogens is 1. The molecule has 24 heavy (non-hydrogen) atoms. The summed E-state index contributed by atoms with van der Waals surface area (Å²) < 4.78 is 18.1. The summed E-state index contributed by atoms with van der Waals surface area (Å²) in [5.74, 6) is 0.405. The van der Waals surface area contributed by atoms with Crippen LogP contribution in [-0.4, -0.2) is 24.4 Å². The molecule has 0 fully saturated rings. The van der Waals surface area contributed by atoms with E-state index in [0.717, 1.165) is 10.3 Å². The Balaban J connectivity index is 2.33. The Morgan fingerprint density at radius 1 is 1.17 bits per heavy atom. The highest BCUT2D eigenvalue weighted by atomic mass is 32.2. The van der Waals surface area contributed by atoms with Crippen LogP contribution in [0.2, 0.25) is 0 Å². The standard InChI is InChI=1S/C16H17FN4O2S/c1-4-24-15-18-13-12(14(22)20(3)16(23)19(13)2)21(15)9-10-7-5-6-8-11(10)17/h5-8H,4,9H2,1-3H3. The minimum atomic E-state index is -0.434. The molecule has 0 aliphatic heterocycles. The summed E-state index contributed by atoms with van der Waals surface area (Å²) in [4.78, 5) is 29.1. The largest absolute Gasteiger partial charge is 0.332 e. The molecule has 0 bridgehead atoms. The Hall–Kier alpha value is -2.35. The van der Waals surface area contributed by atoms with Crippen LogP contribution in [0, 0.1) is 5.82 Å². The lowest BCUT2D eigenvalue weighted by molar-refractivity contribution is 0.593. The molecule has 0 amide bonds. The van der Waals surface area contributed by atoms with Crippen molar-refractivity contribution in [2.75, 3.05) is 5.75 Å². The van der Waals surface area contributed by atoms with Crippen molar-refractivity contribution in [2.45, 2.75) is 18.6 Å². The molecule has 0 saturated carbocycles. The van der Waals surface area contributed by atoms with Crippen molar-refractivity contribution in [3.05, 3.63) is 56.5 Å². The average molecular weight is 348 g/mol. The van der Waals surface area contributed by atoms with E-state index < -0.39 is 11.2 Å². The predicted molar refractivity (Wildman–Crippen MR) is 92.1 cm³/mol. The molecule has 0 aliphatic rings. The molecule has 8 heteroatoms. The molecule has 3 rings (SSSR count). The van der Waals surface area contributed by atoms with Gasteiger partial charge in [-0.05, 0) is 11.8 Å². The van der Waals surface area contributed by atoms with E-state index in [2.05, 4.69) is 4.98 Å². The van der Waals surface area contributed by atoms with E-state index in [1.165, 1.54) is 29.4 Å². The van der Waals surface area contributed by atoms with E-state index in [1.807, 2.05) is 6.92 Å². The van der Waals surface area contributed by atoms with Gasteiger partial charge < -0.3 is 4.57 Å². The molecule has 126 valence electrons. The van der Waals surface area contributed by atoms with Gasteiger partial charge in [0, 0.05) is 19.7 Å². The maximum atomic E-state index is 14.0. The fourth-order valence-electron chi connectivity index (χ4n) is 2.61. The molecule has 2 heterocycles. The molecular weight excluding hydrogens is 331 g/mol. The Bertz CT molecular complexity index is 1030. The normalized spacial score (nSPS) is 11.3. The maximum Gasteiger partial charge on any atom is 0.332 e. The number of hydrogen-bond acceptors (Lipinski definition) is 4. The summed E-state index contributed by atoms with van der Waals surface area (Å²) in [5.41, 5.74) is 0.218. The fourth-order valence-corrected chi connectivity index (χ4v) is 3.33. The van der Waals surface area contributed by atoms with E-state index in [9.17, 15) is 14.0 Å². The van der Waals surface area contributed by atoms with E-state index in [0.29, 0.717) is 21.9 Å². The van der Waals surface area contributed by atoms with Gasteiger partial charge in [-0.25, -0.2) is 14.2 Å². The Morgan fingerprint density at radius 3 is 2.54 bits per heavy atom. The lowest BCUT2D eigenvalue weighted by Gasteiger charge is -2.09. The minimum Gasteiger partial charge on any atom is -0.308 e. The number of fused-ring (bicyclic) bond motifs is 1. The van der Waals surface area contributed by atoms with Gasteiger partial charge in [-0.1, -0.05) is 36.9 Å². The van der Waals surface area contributed by atoms with Crippen molar-refractivity contribution >= 4 is 22.9 Å². The quantitative estimate of drug-likeness (QED) is 0.674. The molecule has 1 aromatic carbocycles. The zero-order valence-electron chi connectivity index (χ0n) is 13.6. The Kier molecular flexibility index (Phi) is 4.31. The van der Waals surface area contributed by atoms with E-state index in [1.54, 1.807) is 29.8 Å². The van der Waals surface area contributed by atoms with Crippen molar-refractivity contribution in [1.29, 1.82) is 0 Å². The number of thioether (sulfide) groups is 1. The summed E-state index contributed by atoms with van der Waals surface area (Å²) in [7, 11) is 3.00. The van der Waals surface area contributed by atoms with E-state index in [-0.39, 0.29) is 12.4 Å². The van der Waals surface area contributed by atoms with Crippen LogP contribution >= 0.6 is 11.8 Å². The molecule has 0 unspecified atom stereocenters. The molecule has 0 atom stereocenters. The van der Waals surface area contributed by atoms with Gasteiger partial charge >= 0.3 is 5.69 Å². The first-order chi connectivity index (χ1) is 11.5. The van der Waals surface area contributed by atoms with Crippen LogP contribution < -0.4 is 11.2 Å². The highest BCUT2D eigenvalue weighted by Crippen LogP contribution is 2.23. The first-order valence-corrected chi connectivity index (χ1v) is 8.46.